The second-order valence-electron chi connectivity index (χ2n) is 15.3. The number of H-pyrrole nitrogens is 1. The molecule has 0 aliphatic carbocycles. The highest BCUT2D eigenvalue weighted by Gasteiger charge is 2.30. The lowest BCUT2D eigenvalue weighted by Crippen LogP contribution is -2.12. The number of aromatic nitrogens is 1. The van der Waals surface area contributed by atoms with Crippen LogP contribution >= 0.6 is 0 Å². The molecule has 1 atom stereocenters. The van der Waals surface area contributed by atoms with Crippen molar-refractivity contribution in [2.45, 2.75) is 5.92 Å². The predicted octanol–water partition coefficient (Wildman–Crippen LogP) is 11.8. The average Bonchev–Trinajstić information content (AvgIpc) is 4.17. The molecule has 1 aromatic heterocycles. The van der Waals surface area contributed by atoms with Crippen LogP contribution < -0.4 is 0 Å². The Labute approximate surface area is 364 Å². The second-order valence-corrected chi connectivity index (χ2v) is 15.3. The Kier molecular flexibility index (Phi) is 10.2. The first-order valence-corrected chi connectivity index (χ1v) is 20.6. The Morgan fingerprint density at radius 1 is 0.587 bits per heavy atom. The van der Waals surface area contributed by atoms with Crippen molar-refractivity contribution in [2.75, 3.05) is 0 Å². The molecule has 298 valence electrons. The number of rotatable bonds is 8. The van der Waals surface area contributed by atoms with Crippen molar-refractivity contribution in [3.8, 4) is 6.07 Å². The molecule has 7 heteroatoms. The molecule has 7 nitrogen and oxygen atoms in total. The molecule has 63 heavy (non-hydrogen) atoms. The molecule has 5 aromatic carbocycles. The van der Waals surface area contributed by atoms with Crippen LogP contribution in [0.3, 0.4) is 0 Å². The minimum Gasteiger partial charge on any atom is -0.477 e. The van der Waals surface area contributed by atoms with Crippen molar-refractivity contribution in [2.24, 2.45) is 15.0 Å². The Balaban J connectivity index is 1.23. The smallest absolute Gasteiger partial charge is 0.346 e. The summed E-state index contributed by atoms with van der Waals surface area (Å²) < 4.78 is 0. The van der Waals surface area contributed by atoms with Crippen LogP contribution in [0.1, 0.15) is 50.7 Å². The molecule has 4 aliphatic heterocycles. The number of nitrogens with zero attached hydrogens (tertiary/aromatic N) is 4. The zero-order chi connectivity index (χ0) is 42.7. The summed E-state index contributed by atoms with van der Waals surface area (Å²) in [5.41, 5.74) is 15.7. The minimum absolute atomic E-state index is 0.184. The summed E-state index contributed by atoms with van der Waals surface area (Å²) in [5.74, 6) is -1.45. The fraction of sp³-hybridized carbons (Fsp3) is 0.0179. The highest BCUT2D eigenvalue weighted by Crippen LogP contribution is 2.41. The summed E-state index contributed by atoms with van der Waals surface area (Å²) in [7, 11) is 0. The molecule has 6 aromatic rings. The zero-order valence-corrected chi connectivity index (χ0v) is 33.9. The van der Waals surface area contributed by atoms with E-state index in [1.807, 2.05) is 66.7 Å². The summed E-state index contributed by atoms with van der Waals surface area (Å²) in [6.07, 6.45) is 16.0. The van der Waals surface area contributed by atoms with Gasteiger partial charge in [0.2, 0.25) is 0 Å². The minimum atomic E-state index is -1.26. The quantitative estimate of drug-likeness (QED) is 0.118. The molecule has 8 bridgehead atoms. The van der Waals surface area contributed by atoms with E-state index in [9.17, 15) is 15.2 Å². The molecule has 2 N–H and O–H groups in total. The number of allylic oxidation sites excluding steroid dienone is 8. The molecule has 0 amide bonds. The average molecular weight is 812 g/mol. The van der Waals surface area contributed by atoms with Gasteiger partial charge in [0, 0.05) is 33.7 Å². The Bertz CT molecular complexity index is 3200. The van der Waals surface area contributed by atoms with Crippen molar-refractivity contribution < 1.29 is 9.90 Å². The summed E-state index contributed by atoms with van der Waals surface area (Å²) in [4.78, 5) is 31.8. The molecule has 0 saturated carbocycles. The third-order valence-corrected chi connectivity index (χ3v) is 11.3. The molecular weight excluding hydrogens is 775 g/mol. The number of hydrogen-bond donors (Lipinski definition) is 2. The summed E-state index contributed by atoms with van der Waals surface area (Å²) >= 11 is 0. The fourth-order valence-corrected chi connectivity index (χ4v) is 8.37. The van der Waals surface area contributed by atoms with Crippen molar-refractivity contribution in [3.63, 3.8) is 0 Å². The summed E-state index contributed by atoms with van der Waals surface area (Å²) in [5, 5.41) is 18.7. The number of benzene rings is 5. The summed E-state index contributed by atoms with van der Waals surface area (Å²) in [6, 6.07) is 54.9. The van der Waals surface area contributed by atoms with E-state index in [-0.39, 0.29) is 11.5 Å². The van der Waals surface area contributed by atoms with E-state index in [1.54, 1.807) is 18.2 Å². The maximum atomic E-state index is 11.5. The predicted molar refractivity (Wildman–Crippen MR) is 254 cm³/mol. The standard InChI is InChI=1S/C56H37N5O2/c57-35-43(56(62)63)33-37-23-21-36(22-24-37)25-26-42-34-50-53(40-17-9-3-10-18-40)48-30-29-46(59-48)51(38-13-5-1-6-14-38)44-27-28-45(58-44)52(39-15-7-2-8-16-39)47-31-32-49(60-47)54(55(42)61-50)41-19-11-4-12-20-41/h1-34,51,58H,(H,62,63)/b26-25+,43-33+,52-47?,53-48?,55-54?. The van der Waals surface area contributed by atoms with Crippen molar-refractivity contribution >= 4 is 52.0 Å². The van der Waals surface area contributed by atoms with E-state index in [4.69, 9.17) is 15.0 Å². The van der Waals surface area contributed by atoms with Gasteiger partial charge < -0.3 is 10.1 Å². The number of fused-ring (bicyclic) bond motifs is 5. The Morgan fingerprint density at radius 2 is 1.17 bits per heavy atom. The van der Waals surface area contributed by atoms with Gasteiger partial charge in [-0.2, -0.15) is 5.26 Å². The van der Waals surface area contributed by atoms with Crippen LogP contribution in [0.4, 0.5) is 0 Å². The largest absolute Gasteiger partial charge is 0.477 e. The molecule has 0 spiro atoms. The maximum Gasteiger partial charge on any atom is 0.346 e. The third-order valence-electron chi connectivity index (χ3n) is 11.3. The van der Waals surface area contributed by atoms with E-state index in [1.165, 1.54) is 6.08 Å². The van der Waals surface area contributed by atoms with Gasteiger partial charge in [-0.05, 0) is 82.0 Å². The first-order chi connectivity index (χ1) is 31.0. The number of carbonyl (C=O) groups is 1. The number of aromatic amines is 1. The van der Waals surface area contributed by atoms with Crippen molar-refractivity contribution in [1.29, 1.82) is 5.26 Å². The number of aliphatic imine (C=N–C) groups is 3. The van der Waals surface area contributed by atoms with Crippen LogP contribution in [0, 0.1) is 11.3 Å². The van der Waals surface area contributed by atoms with Gasteiger partial charge in [-0.1, -0.05) is 158 Å². The second kappa shape index (κ2) is 16.7. The van der Waals surface area contributed by atoms with Gasteiger partial charge in [-0.25, -0.2) is 14.8 Å². The highest BCUT2D eigenvalue weighted by molar-refractivity contribution is 6.36. The van der Waals surface area contributed by atoms with Crippen LogP contribution in [0.25, 0.3) is 28.9 Å². The van der Waals surface area contributed by atoms with Crippen LogP contribution in [0.2, 0.25) is 0 Å². The van der Waals surface area contributed by atoms with E-state index in [0.29, 0.717) is 5.56 Å². The normalized spacial score (nSPS) is 16.9. The SMILES string of the molecule is N#C/C(=C\c1ccc(/C=C/C2=CC3=NC2=C(c2ccccc2)C2=NC(=C(c4ccccc4)c4ccc([nH]4)C(c4ccccc4)C4=NC(=C3c3ccccc3)C=C4)C=C2)cc1)C(=O)O. The van der Waals surface area contributed by atoms with Crippen LogP contribution in [-0.4, -0.2) is 33.2 Å². The third kappa shape index (κ3) is 7.65. The number of nitriles is 1. The molecule has 0 fully saturated rings. The molecule has 10 rings (SSSR count). The molecule has 4 aliphatic rings. The van der Waals surface area contributed by atoms with Gasteiger partial charge in [0.15, 0.2) is 0 Å². The van der Waals surface area contributed by atoms with Gasteiger partial charge in [0.1, 0.15) is 11.6 Å². The summed E-state index contributed by atoms with van der Waals surface area (Å²) in [6.45, 7) is 0. The molecule has 0 saturated heterocycles. The van der Waals surface area contributed by atoms with Crippen molar-refractivity contribution in [1.82, 2.24) is 4.98 Å². The monoisotopic (exact) mass is 811 g/mol. The van der Waals surface area contributed by atoms with E-state index in [0.717, 1.165) is 95.7 Å². The van der Waals surface area contributed by atoms with Gasteiger partial charge >= 0.3 is 5.97 Å². The Morgan fingerprint density at radius 3 is 1.83 bits per heavy atom. The lowest BCUT2D eigenvalue weighted by atomic mass is 9.91. The highest BCUT2D eigenvalue weighted by atomic mass is 16.4. The zero-order valence-electron chi connectivity index (χ0n) is 33.9. The fourth-order valence-electron chi connectivity index (χ4n) is 8.37. The van der Waals surface area contributed by atoms with E-state index >= 15 is 0 Å². The lowest BCUT2D eigenvalue weighted by Gasteiger charge is -2.17. The molecule has 1 unspecified atom stereocenters. The van der Waals surface area contributed by atoms with Gasteiger partial charge in [0.05, 0.1) is 40.1 Å². The molecular formula is C56H37N5O2. The molecule has 0 radical (unpaired) electrons. The number of hydrogen-bond acceptors (Lipinski definition) is 5. The van der Waals surface area contributed by atoms with Gasteiger partial charge in [-0.3, -0.25) is 4.99 Å². The number of carboxylic acid groups (broad SMARTS) is 1. The van der Waals surface area contributed by atoms with E-state index < -0.39 is 5.97 Å². The van der Waals surface area contributed by atoms with Crippen molar-refractivity contribution in [3.05, 3.63) is 267 Å². The number of carboxylic acids is 1. The van der Waals surface area contributed by atoms with E-state index in [2.05, 4.69) is 126 Å². The van der Waals surface area contributed by atoms with Gasteiger partial charge in [0.25, 0.3) is 0 Å². The number of aliphatic carboxylic acids is 1. The maximum absolute atomic E-state index is 11.5. The number of nitrogens with one attached hydrogen (secondary N) is 1. The first-order valence-electron chi connectivity index (χ1n) is 20.6. The first kappa shape index (κ1) is 38.5. The van der Waals surface area contributed by atoms with Crippen LogP contribution in [0.5, 0.6) is 0 Å². The van der Waals surface area contributed by atoms with Gasteiger partial charge in [-0.15, -0.1) is 0 Å². The molecule has 5 heterocycles. The topological polar surface area (TPSA) is 114 Å². The van der Waals surface area contributed by atoms with Crippen LogP contribution in [0.15, 0.2) is 237 Å². The van der Waals surface area contributed by atoms with Crippen LogP contribution in [-0.2, 0) is 4.79 Å². The lowest BCUT2D eigenvalue weighted by molar-refractivity contribution is -0.132. The Hall–Kier alpha value is -8.73.